The van der Waals surface area contributed by atoms with E-state index >= 15 is 0 Å². The predicted octanol–water partition coefficient (Wildman–Crippen LogP) is 2.17. The van der Waals surface area contributed by atoms with Gasteiger partial charge in [-0.1, -0.05) is 18.5 Å². The van der Waals surface area contributed by atoms with E-state index in [2.05, 4.69) is 4.98 Å². The fourth-order valence-electron chi connectivity index (χ4n) is 1.08. The van der Waals surface area contributed by atoms with Crippen molar-refractivity contribution < 1.29 is 9.90 Å². The largest absolute Gasteiger partial charge is 0.481 e. The molecule has 84 valence electrons. The van der Waals surface area contributed by atoms with Crippen LogP contribution in [0.4, 0.5) is 0 Å². The van der Waals surface area contributed by atoms with Crippen LogP contribution in [0.5, 0.6) is 0 Å². The molecule has 0 saturated carbocycles. The van der Waals surface area contributed by atoms with Gasteiger partial charge in [0.2, 0.25) is 0 Å². The summed E-state index contributed by atoms with van der Waals surface area (Å²) in [6, 6.07) is 0. The Bertz CT molecular complexity index is 354. The lowest BCUT2D eigenvalue weighted by atomic mass is 10.3. The third-order valence-corrected chi connectivity index (χ3v) is 3.50. The molecule has 1 heterocycles. The molecule has 0 aromatic carbocycles. The van der Waals surface area contributed by atoms with Crippen molar-refractivity contribution in [3.8, 4) is 0 Å². The molecule has 0 aliphatic rings. The summed E-state index contributed by atoms with van der Waals surface area (Å²) in [7, 11) is 1.84. The Hall–Kier alpha value is -0.680. The van der Waals surface area contributed by atoms with Crippen LogP contribution in [-0.2, 0) is 17.6 Å². The summed E-state index contributed by atoms with van der Waals surface area (Å²) >= 11 is 7.39. The third-order valence-electron chi connectivity index (χ3n) is 1.99. The summed E-state index contributed by atoms with van der Waals surface area (Å²) in [5, 5.41) is 9.26. The van der Waals surface area contributed by atoms with Gasteiger partial charge in [-0.05, 0) is 0 Å². The Morgan fingerprint density at radius 1 is 1.80 bits per heavy atom. The van der Waals surface area contributed by atoms with E-state index in [0.29, 0.717) is 10.9 Å². The summed E-state index contributed by atoms with van der Waals surface area (Å²) in [6.45, 7) is 1.89. The standard InChI is InChI=1S/C9H13ClN2O2S/c1-6(3-9(13)14)15-5-8-11-4-7(10)12(8)2/h4,6H,3,5H2,1-2H3,(H,13,14). The van der Waals surface area contributed by atoms with Gasteiger partial charge in [-0.3, -0.25) is 4.79 Å². The van der Waals surface area contributed by atoms with Gasteiger partial charge in [0, 0.05) is 12.3 Å². The average molecular weight is 249 g/mol. The van der Waals surface area contributed by atoms with E-state index in [1.54, 1.807) is 22.5 Å². The lowest BCUT2D eigenvalue weighted by Gasteiger charge is -2.08. The van der Waals surface area contributed by atoms with Gasteiger partial charge >= 0.3 is 5.97 Å². The quantitative estimate of drug-likeness (QED) is 0.868. The number of carboxylic acids is 1. The molecular formula is C9H13ClN2O2S. The average Bonchev–Trinajstić information content (AvgIpc) is 2.44. The second-order valence-electron chi connectivity index (χ2n) is 3.28. The van der Waals surface area contributed by atoms with E-state index in [-0.39, 0.29) is 11.7 Å². The molecule has 0 radical (unpaired) electrons. The van der Waals surface area contributed by atoms with E-state index in [1.807, 2.05) is 14.0 Å². The number of aromatic nitrogens is 2. The van der Waals surface area contributed by atoms with Crippen LogP contribution in [0, 0.1) is 0 Å². The van der Waals surface area contributed by atoms with Gasteiger partial charge in [0.15, 0.2) is 0 Å². The number of rotatable bonds is 5. The Kier molecular flexibility index (Phi) is 4.47. The molecule has 1 aromatic rings. The van der Waals surface area contributed by atoms with Crippen molar-refractivity contribution in [2.75, 3.05) is 0 Å². The lowest BCUT2D eigenvalue weighted by molar-refractivity contribution is -0.136. The molecule has 0 spiro atoms. The minimum atomic E-state index is -0.770. The van der Waals surface area contributed by atoms with Crippen LogP contribution in [0.25, 0.3) is 0 Å². The maximum absolute atomic E-state index is 10.4. The van der Waals surface area contributed by atoms with Gasteiger partial charge < -0.3 is 9.67 Å². The van der Waals surface area contributed by atoms with Crippen LogP contribution in [0.15, 0.2) is 6.20 Å². The van der Waals surface area contributed by atoms with Crippen molar-refractivity contribution in [1.29, 1.82) is 0 Å². The van der Waals surface area contributed by atoms with Crippen molar-refractivity contribution in [1.82, 2.24) is 9.55 Å². The van der Waals surface area contributed by atoms with Gasteiger partial charge in [-0.25, -0.2) is 4.98 Å². The molecule has 0 aliphatic carbocycles. The van der Waals surface area contributed by atoms with Gasteiger partial charge in [-0.15, -0.1) is 0 Å². The minimum absolute atomic E-state index is 0.0815. The summed E-state index contributed by atoms with van der Waals surface area (Å²) in [5.74, 6) is 0.771. The number of carboxylic acid groups (broad SMARTS) is 1. The Balaban J connectivity index is 2.43. The lowest BCUT2D eigenvalue weighted by Crippen LogP contribution is -2.07. The molecule has 1 rings (SSSR count). The fourth-order valence-corrected chi connectivity index (χ4v) is 2.19. The highest BCUT2D eigenvalue weighted by molar-refractivity contribution is 7.99. The summed E-state index contributed by atoms with van der Waals surface area (Å²) in [6.07, 6.45) is 1.77. The van der Waals surface area contributed by atoms with Crippen LogP contribution in [0.3, 0.4) is 0 Å². The van der Waals surface area contributed by atoms with Crippen LogP contribution >= 0.6 is 23.4 Å². The molecule has 1 unspecified atom stereocenters. The smallest absolute Gasteiger partial charge is 0.304 e. The first-order valence-electron chi connectivity index (χ1n) is 4.50. The molecule has 0 bridgehead atoms. The van der Waals surface area contributed by atoms with E-state index in [4.69, 9.17) is 16.7 Å². The summed E-state index contributed by atoms with van der Waals surface area (Å²) in [5.41, 5.74) is 0. The maximum atomic E-state index is 10.4. The normalized spacial score (nSPS) is 12.7. The SMILES string of the molecule is CC(CC(=O)O)SCc1ncc(Cl)n1C. The van der Waals surface area contributed by atoms with E-state index in [0.717, 1.165) is 5.82 Å². The number of thioether (sulfide) groups is 1. The number of nitrogens with zero attached hydrogens (tertiary/aromatic N) is 2. The van der Waals surface area contributed by atoms with Gasteiger partial charge in [-0.2, -0.15) is 11.8 Å². The van der Waals surface area contributed by atoms with E-state index in [1.165, 1.54) is 0 Å². The molecule has 1 N–H and O–H groups in total. The van der Waals surface area contributed by atoms with E-state index < -0.39 is 5.97 Å². The Morgan fingerprint density at radius 2 is 2.47 bits per heavy atom. The number of halogens is 1. The van der Waals surface area contributed by atoms with Crippen molar-refractivity contribution in [3.63, 3.8) is 0 Å². The molecule has 6 heteroatoms. The van der Waals surface area contributed by atoms with Crippen LogP contribution < -0.4 is 0 Å². The number of aliphatic carboxylic acids is 1. The topological polar surface area (TPSA) is 55.1 Å². The molecule has 0 fully saturated rings. The minimum Gasteiger partial charge on any atom is -0.481 e. The maximum Gasteiger partial charge on any atom is 0.304 e. The Labute approximate surface area is 97.6 Å². The number of carbonyl (C=O) groups is 1. The molecule has 0 aliphatic heterocycles. The van der Waals surface area contributed by atoms with Crippen LogP contribution in [0.2, 0.25) is 5.15 Å². The van der Waals surface area contributed by atoms with Crippen molar-refractivity contribution in [2.45, 2.75) is 24.3 Å². The zero-order valence-electron chi connectivity index (χ0n) is 8.61. The monoisotopic (exact) mass is 248 g/mol. The van der Waals surface area contributed by atoms with Gasteiger partial charge in [0.1, 0.15) is 11.0 Å². The number of hydrogen-bond donors (Lipinski definition) is 1. The van der Waals surface area contributed by atoms with Crippen LogP contribution in [-0.4, -0.2) is 25.9 Å². The highest BCUT2D eigenvalue weighted by atomic mass is 35.5. The number of imidazole rings is 1. The van der Waals surface area contributed by atoms with Crippen LogP contribution in [0.1, 0.15) is 19.2 Å². The van der Waals surface area contributed by atoms with Crippen molar-refractivity contribution >= 4 is 29.3 Å². The first-order valence-corrected chi connectivity index (χ1v) is 5.93. The molecule has 0 saturated heterocycles. The molecular weight excluding hydrogens is 236 g/mol. The van der Waals surface area contributed by atoms with Crippen molar-refractivity contribution in [3.05, 3.63) is 17.2 Å². The zero-order chi connectivity index (χ0) is 11.4. The molecule has 1 aromatic heterocycles. The molecule has 0 amide bonds. The number of hydrogen-bond acceptors (Lipinski definition) is 3. The summed E-state index contributed by atoms with van der Waals surface area (Å²) < 4.78 is 1.79. The van der Waals surface area contributed by atoms with Gasteiger partial charge in [0.05, 0.1) is 18.4 Å². The second-order valence-corrected chi connectivity index (χ2v) is 5.09. The summed E-state index contributed by atoms with van der Waals surface area (Å²) in [4.78, 5) is 14.6. The first kappa shape index (κ1) is 12.4. The predicted molar refractivity (Wildman–Crippen MR) is 61.2 cm³/mol. The molecule has 4 nitrogen and oxygen atoms in total. The van der Waals surface area contributed by atoms with Gasteiger partial charge in [0.25, 0.3) is 0 Å². The second kappa shape index (κ2) is 5.42. The highest BCUT2D eigenvalue weighted by Crippen LogP contribution is 2.20. The fraction of sp³-hybridized carbons (Fsp3) is 0.556. The van der Waals surface area contributed by atoms with Crippen molar-refractivity contribution in [2.24, 2.45) is 7.05 Å². The third kappa shape index (κ3) is 3.76. The Morgan fingerprint density at radius 3 is 2.93 bits per heavy atom. The highest BCUT2D eigenvalue weighted by Gasteiger charge is 2.10. The molecule has 15 heavy (non-hydrogen) atoms. The molecule has 1 atom stereocenters. The first-order chi connectivity index (χ1) is 7.00. The van der Waals surface area contributed by atoms with E-state index in [9.17, 15) is 4.79 Å². The zero-order valence-corrected chi connectivity index (χ0v) is 10.2.